The van der Waals surface area contributed by atoms with Crippen LogP contribution in [0, 0.1) is 0 Å². The van der Waals surface area contributed by atoms with E-state index in [9.17, 15) is 9.59 Å². The van der Waals surface area contributed by atoms with E-state index in [0.717, 1.165) is 18.1 Å². The van der Waals surface area contributed by atoms with Gasteiger partial charge in [0.1, 0.15) is 6.04 Å². The van der Waals surface area contributed by atoms with E-state index in [1.165, 1.54) is 0 Å². The summed E-state index contributed by atoms with van der Waals surface area (Å²) in [5.74, 6) is 1.72. The Balaban J connectivity index is 2.45. The van der Waals surface area contributed by atoms with Crippen LogP contribution in [0.5, 0.6) is 0 Å². The third-order valence-electron chi connectivity index (χ3n) is 3.04. The molecule has 1 fully saturated rings. The lowest BCUT2D eigenvalue weighted by Gasteiger charge is -2.26. The van der Waals surface area contributed by atoms with Crippen LogP contribution in [0.2, 0.25) is 0 Å². The van der Waals surface area contributed by atoms with Gasteiger partial charge in [-0.15, -0.1) is 0 Å². The van der Waals surface area contributed by atoms with E-state index in [-0.39, 0.29) is 17.9 Å². The summed E-state index contributed by atoms with van der Waals surface area (Å²) < 4.78 is 0. The summed E-state index contributed by atoms with van der Waals surface area (Å²) in [6, 6.07) is -0.623. The Morgan fingerprint density at radius 1 is 1.44 bits per heavy atom. The Hall–Kier alpha value is -0.750. The van der Waals surface area contributed by atoms with E-state index in [1.54, 1.807) is 23.6 Å². The molecule has 0 spiro atoms. The van der Waals surface area contributed by atoms with Gasteiger partial charge in [0.15, 0.2) is 0 Å². The molecule has 0 aromatic rings. The van der Waals surface area contributed by atoms with Gasteiger partial charge >= 0.3 is 0 Å². The van der Waals surface area contributed by atoms with Crippen molar-refractivity contribution < 1.29 is 9.59 Å². The summed E-state index contributed by atoms with van der Waals surface area (Å²) in [6.45, 7) is 7.82. The van der Waals surface area contributed by atoms with Crippen molar-refractivity contribution in [3.05, 3.63) is 0 Å². The second kappa shape index (κ2) is 7.63. The zero-order chi connectivity index (χ0) is 13.5. The number of rotatable bonds is 5. The summed E-state index contributed by atoms with van der Waals surface area (Å²) in [6.07, 6.45) is 0. The third kappa shape index (κ3) is 4.17. The highest BCUT2D eigenvalue weighted by Gasteiger charge is 2.25. The standard InChI is InChI=1S/C12H23N3O2S/c1-4-15(5-2)12(17)9(3)14-11(16)10-8-18-7-6-13-10/h9-10,13H,4-8H2,1-3H3,(H,14,16). The lowest BCUT2D eigenvalue weighted by atomic mass is 10.2. The molecule has 1 rings (SSSR count). The molecule has 0 radical (unpaired) electrons. The Morgan fingerprint density at radius 3 is 2.61 bits per heavy atom. The van der Waals surface area contributed by atoms with Gasteiger partial charge in [-0.05, 0) is 20.8 Å². The van der Waals surface area contributed by atoms with Gasteiger partial charge < -0.3 is 15.5 Å². The van der Waals surface area contributed by atoms with Crippen molar-refractivity contribution >= 4 is 23.6 Å². The number of hydrogen-bond donors (Lipinski definition) is 2. The van der Waals surface area contributed by atoms with Crippen molar-refractivity contribution in [2.24, 2.45) is 0 Å². The van der Waals surface area contributed by atoms with Crippen LogP contribution >= 0.6 is 11.8 Å². The molecule has 1 aliphatic heterocycles. The van der Waals surface area contributed by atoms with Gasteiger partial charge in [0.05, 0.1) is 6.04 Å². The van der Waals surface area contributed by atoms with E-state index in [2.05, 4.69) is 10.6 Å². The summed E-state index contributed by atoms with van der Waals surface area (Å²) in [5.41, 5.74) is 0. The van der Waals surface area contributed by atoms with Gasteiger partial charge in [0.25, 0.3) is 0 Å². The molecule has 0 bridgehead atoms. The number of likely N-dealkylation sites (N-methyl/N-ethyl adjacent to an activating group) is 1. The number of nitrogens with one attached hydrogen (secondary N) is 2. The van der Waals surface area contributed by atoms with Gasteiger partial charge in [-0.2, -0.15) is 11.8 Å². The molecule has 0 aromatic carbocycles. The molecule has 0 aliphatic carbocycles. The van der Waals surface area contributed by atoms with Crippen LogP contribution in [0.15, 0.2) is 0 Å². The monoisotopic (exact) mass is 273 g/mol. The van der Waals surface area contributed by atoms with Gasteiger partial charge in [-0.25, -0.2) is 0 Å². The number of nitrogens with zero attached hydrogens (tertiary/aromatic N) is 1. The molecular formula is C12H23N3O2S. The number of carbonyl (C=O) groups is 2. The minimum absolute atomic E-state index is 0.0168. The van der Waals surface area contributed by atoms with Crippen LogP contribution in [0.1, 0.15) is 20.8 Å². The molecule has 0 saturated carbocycles. The first-order valence-corrected chi connectivity index (χ1v) is 7.65. The molecule has 2 amide bonds. The van der Waals surface area contributed by atoms with Gasteiger partial charge in [-0.1, -0.05) is 0 Å². The van der Waals surface area contributed by atoms with Gasteiger partial charge in [0.2, 0.25) is 11.8 Å². The van der Waals surface area contributed by atoms with Crippen LogP contribution in [-0.4, -0.2) is 59.9 Å². The van der Waals surface area contributed by atoms with Crippen LogP contribution < -0.4 is 10.6 Å². The lowest BCUT2D eigenvalue weighted by Crippen LogP contribution is -2.54. The van der Waals surface area contributed by atoms with E-state index < -0.39 is 6.04 Å². The first kappa shape index (κ1) is 15.3. The van der Waals surface area contributed by atoms with Crippen molar-refractivity contribution in [1.29, 1.82) is 0 Å². The number of hydrogen-bond acceptors (Lipinski definition) is 4. The Morgan fingerprint density at radius 2 is 2.11 bits per heavy atom. The largest absolute Gasteiger partial charge is 0.343 e. The predicted molar refractivity (Wildman–Crippen MR) is 74.6 cm³/mol. The first-order valence-electron chi connectivity index (χ1n) is 6.50. The van der Waals surface area contributed by atoms with Crippen LogP contribution in [0.25, 0.3) is 0 Å². The van der Waals surface area contributed by atoms with E-state index >= 15 is 0 Å². The predicted octanol–water partition coefficient (Wildman–Crippen LogP) is 0.0645. The molecule has 1 saturated heterocycles. The average molecular weight is 273 g/mol. The fraction of sp³-hybridized carbons (Fsp3) is 0.833. The third-order valence-corrected chi connectivity index (χ3v) is 4.10. The van der Waals surface area contributed by atoms with Crippen LogP contribution in [-0.2, 0) is 9.59 Å². The first-order chi connectivity index (χ1) is 8.60. The lowest BCUT2D eigenvalue weighted by molar-refractivity contribution is -0.136. The SMILES string of the molecule is CCN(CC)C(=O)C(C)NC(=O)C1CSCCN1. The highest BCUT2D eigenvalue weighted by atomic mass is 32.2. The maximum atomic E-state index is 12.0. The Bertz CT molecular complexity index is 289. The Labute approximate surface area is 113 Å². The normalized spacial score (nSPS) is 21.2. The maximum absolute atomic E-state index is 12.0. The second-order valence-electron chi connectivity index (χ2n) is 4.32. The second-order valence-corrected chi connectivity index (χ2v) is 5.47. The summed E-state index contributed by atoms with van der Waals surface area (Å²) >= 11 is 1.76. The van der Waals surface area contributed by atoms with Crippen LogP contribution in [0.4, 0.5) is 0 Å². The minimum atomic E-state index is -0.453. The number of carbonyl (C=O) groups excluding carboxylic acids is 2. The molecule has 104 valence electrons. The average Bonchev–Trinajstić information content (AvgIpc) is 2.40. The molecule has 1 heterocycles. The summed E-state index contributed by atoms with van der Waals surface area (Å²) in [4.78, 5) is 25.7. The van der Waals surface area contributed by atoms with E-state index in [4.69, 9.17) is 0 Å². The molecule has 18 heavy (non-hydrogen) atoms. The van der Waals surface area contributed by atoms with E-state index in [1.807, 2.05) is 13.8 Å². The van der Waals surface area contributed by atoms with E-state index in [0.29, 0.717) is 13.1 Å². The fourth-order valence-corrected chi connectivity index (χ4v) is 2.85. The zero-order valence-corrected chi connectivity index (χ0v) is 12.2. The number of thioether (sulfide) groups is 1. The van der Waals surface area contributed by atoms with Gasteiger partial charge in [0, 0.05) is 31.1 Å². The van der Waals surface area contributed by atoms with Gasteiger partial charge in [-0.3, -0.25) is 9.59 Å². The maximum Gasteiger partial charge on any atom is 0.244 e. The van der Waals surface area contributed by atoms with Crippen molar-refractivity contribution in [2.45, 2.75) is 32.9 Å². The minimum Gasteiger partial charge on any atom is -0.343 e. The Kier molecular flexibility index (Phi) is 6.49. The smallest absolute Gasteiger partial charge is 0.244 e. The highest BCUT2D eigenvalue weighted by molar-refractivity contribution is 7.99. The van der Waals surface area contributed by atoms with Crippen molar-refractivity contribution in [2.75, 3.05) is 31.1 Å². The molecule has 2 N–H and O–H groups in total. The quantitative estimate of drug-likeness (QED) is 0.744. The molecule has 0 aromatic heterocycles. The zero-order valence-electron chi connectivity index (χ0n) is 11.4. The van der Waals surface area contributed by atoms with Crippen LogP contribution in [0.3, 0.4) is 0 Å². The molecule has 6 heteroatoms. The topological polar surface area (TPSA) is 61.4 Å². The fourth-order valence-electron chi connectivity index (χ4n) is 1.92. The number of amides is 2. The van der Waals surface area contributed by atoms with Crippen molar-refractivity contribution in [3.8, 4) is 0 Å². The van der Waals surface area contributed by atoms with Crippen molar-refractivity contribution in [3.63, 3.8) is 0 Å². The molecule has 2 unspecified atom stereocenters. The molecular weight excluding hydrogens is 250 g/mol. The van der Waals surface area contributed by atoms with Crippen molar-refractivity contribution in [1.82, 2.24) is 15.5 Å². The molecule has 1 aliphatic rings. The molecule has 2 atom stereocenters. The molecule has 5 nitrogen and oxygen atoms in total. The summed E-state index contributed by atoms with van der Waals surface area (Å²) in [5, 5.41) is 5.96. The highest BCUT2D eigenvalue weighted by Crippen LogP contribution is 2.08. The summed E-state index contributed by atoms with van der Waals surface area (Å²) in [7, 11) is 0.